The maximum Gasteiger partial charge on any atom is 0.534 e. The van der Waals surface area contributed by atoms with E-state index in [0.29, 0.717) is 5.56 Å². The molecule has 0 fully saturated rings. The van der Waals surface area contributed by atoms with E-state index in [4.69, 9.17) is 0 Å². The van der Waals surface area contributed by atoms with Gasteiger partial charge in [-0.25, -0.2) is 0 Å². The first-order valence-corrected chi connectivity index (χ1v) is 6.72. The number of rotatable bonds is 3. The number of benzene rings is 1. The Morgan fingerprint density at radius 2 is 1.75 bits per heavy atom. The number of halogens is 3. The predicted molar refractivity (Wildman–Crippen MR) is 65.3 cm³/mol. The third-order valence-corrected chi connectivity index (χ3v) is 3.31. The SMILES string of the molecule is O=S(=O)(Oc1ccccc1-c1cccnc1)C(F)(F)F. The van der Waals surface area contributed by atoms with Crippen molar-refractivity contribution in [3.8, 4) is 16.9 Å². The predicted octanol–water partition coefficient (Wildman–Crippen LogP) is 2.98. The van der Waals surface area contributed by atoms with Gasteiger partial charge in [0.2, 0.25) is 0 Å². The van der Waals surface area contributed by atoms with Gasteiger partial charge in [0.1, 0.15) is 0 Å². The zero-order valence-corrected chi connectivity index (χ0v) is 10.6. The van der Waals surface area contributed by atoms with E-state index in [1.165, 1.54) is 24.5 Å². The molecule has 0 spiro atoms. The minimum atomic E-state index is -5.70. The van der Waals surface area contributed by atoms with E-state index in [-0.39, 0.29) is 5.56 Å². The minimum Gasteiger partial charge on any atom is -0.375 e. The number of pyridine rings is 1. The summed E-state index contributed by atoms with van der Waals surface area (Å²) in [4.78, 5) is 3.82. The Hall–Kier alpha value is -2.09. The topological polar surface area (TPSA) is 56.3 Å². The van der Waals surface area contributed by atoms with E-state index >= 15 is 0 Å². The first kappa shape index (κ1) is 14.3. The van der Waals surface area contributed by atoms with Gasteiger partial charge in [0.05, 0.1) is 0 Å². The van der Waals surface area contributed by atoms with Crippen LogP contribution in [0.25, 0.3) is 11.1 Å². The van der Waals surface area contributed by atoms with Crippen LogP contribution in [0.4, 0.5) is 13.2 Å². The molecule has 1 heterocycles. The fraction of sp³-hybridized carbons (Fsp3) is 0.0833. The summed E-state index contributed by atoms with van der Waals surface area (Å²) in [7, 11) is -5.70. The van der Waals surface area contributed by atoms with Gasteiger partial charge in [-0.2, -0.15) is 21.6 Å². The molecule has 4 nitrogen and oxygen atoms in total. The van der Waals surface area contributed by atoms with Crippen molar-refractivity contribution >= 4 is 10.1 Å². The smallest absolute Gasteiger partial charge is 0.375 e. The Balaban J connectivity index is 2.45. The molecule has 0 unspecified atom stereocenters. The van der Waals surface area contributed by atoms with Crippen molar-refractivity contribution in [3.05, 3.63) is 48.8 Å². The summed E-state index contributed by atoms with van der Waals surface area (Å²) >= 11 is 0. The third kappa shape index (κ3) is 2.90. The molecule has 2 aromatic rings. The van der Waals surface area contributed by atoms with Crippen molar-refractivity contribution in [2.75, 3.05) is 0 Å². The van der Waals surface area contributed by atoms with E-state index in [0.717, 1.165) is 6.07 Å². The quantitative estimate of drug-likeness (QED) is 0.646. The Labute approximate surface area is 113 Å². The van der Waals surface area contributed by atoms with Crippen LogP contribution in [0.15, 0.2) is 48.8 Å². The second kappa shape index (κ2) is 5.12. The van der Waals surface area contributed by atoms with Gasteiger partial charge < -0.3 is 4.18 Å². The van der Waals surface area contributed by atoms with Crippen molar-refractivity contribution in [2.24, 2.45) is 0 Å². The zero-order valence-electron chi connectivity index (χ0n) is 9.83. The summed E-state index contributed by atoms with van der Waals surface area (Å²) < 4.78 is 63.2. The largest absolute Gasteiger partial charge is 0.534 e. The van der Waals surface area contributed by atoms with E-state index < -0.39 is 21.4 Å². The molecule has 0 aliphatic carbocycles. The van der Waals surface area contributed by atoms with E-state index in [2.05, 4.69) is 9.17 Å². The maximum atomic E-state index is 12.3. The van der Waals surface area contributed by atoms with Crippen LogP contribution >= 0.6 is 0 Å². The van der Waals surface area contributed by atoms with Crippen LogP contribution in [-0.4, -0.2) is 18.9 Å². The molecule has 0 radical (unpaired) electrons. The molecule has 2 rings (SSSR count). The number of hydrogen-bond acceptors (Lipinski definition) is 4. The third-order valence-electron chi connectivity index (χ3n) is 2.34. The fourth-order valence-corrected chi connectivity index (χ4v) is 1.94. The molecule has 0 atom stereocenters. The molecule has 8 heteroatoms. The average Bonchev–Trinajstić information content (AvgIpc) is 2.38. The fourth-order valence-electron chi connectivity index (χ4n) is 1.47. The van der Waals surface area contributed by atoms with E-state index in [1.54, 1.807) is 18.2 Å². The van der Waals surface area contributed by atoms with Gasteiger partial charge in [0.25, 0.3) is 0 Å². The van der Waals surface area contributed by atoms with Gasteiger partial charge in [-0.05, 0) is 12.1 Å². The Morgan fingerprint density at radius 1 is 1.05 bits per heavy atom. The van der Waals surface area contributed by atoms with E-state index in [9.17, 15) is 21.6 Å². The Morgan fingerprint density at radius 3 is 2.35 bits per heavy atom. The van der Waals surface area contributed by atoms with Crippen LogP contribution in [0.3, 0.4) is 0 Å². The molecule has 0 aliphatic rings. The van der Waals surface area contributed by atoms with Crippen LogP contribution in [-0.2, 0) is 10.1 Å². The lowest BCUT2D eigenvalue weighted by Crippen LogP contribution is -2.28. The molecule has 0 saturated carbocycles. The highest BCUT2D eigenvalue weighted by molar-refractivity contribution is 7.88. The van der Waals surface area contributed by atoms with Crippen molar-refractivity contribution in [1.82, 2.24) is 4.98 Å². The molecule has 106 valence electrons. The molecule has 1 aromatic heterocycles. The molecule has 0 saturated heterocycles. The van der Waals surface area contributed by atoms with Crippen molar-refractivity contribution in [3.63, 3.8) is 0 Å². The zero-order chi connectivity index (χ0) is 14.8. The summed E-state index contributed by atoms with van der Waals surface area (Å²) in [6.07, 6.45) is 2.88. The Bertz CT molecular complexity index is 699. The highest BCUT2D eigenvalue weighted by atomic mass is 32.2. The van der Waals surface area contributed by atoms with Crippen LogP contribution in [0.5, 0.6) is 5.75 Å². The maximum absolute atomic E-state index is 12.3. The van der Waals surface area contributed by atoms with Crippen LogP contribution in [0.1, 0.15) is 0 Å². The van der Waals surface area contributed by atoms with E-state index in [1.807, 2.05) is 0 Å². The summed E-state index contributed by atoms with van der Waals surface area (Å²) in [5.41, 5.74) is -4.83. The summed E-state index contributed by atoms with van der Waals surface area (Å²) in [5, 5.41) is 0. The minimum absolute atomic E-state index is 0.202. The summed E-state index contributed by atoms with van der Waals surface area (Å²) in [6.45, 7) is 0. The molecule has 0 aliphatic heterocycles. The molecule has 20 heavy (non-hydrogen) atoms. The summed E-state index contributed by atoms with van der Waals surface area (Å²) in [6, 6.07) is 8.67. The van der Waals surface area contributed by atoms with Crippen molar-refractivity contribution in [1.29, 1.82) is 0 Å². The molecular formula is C12H8F3NO3S. The normalized spacial score (nSPS) is 12.2. The lowest BCUT2D eigenvalue weighted by molar-refractivity contribution is -0.0499. The Kier molecular flexibility index (Phi) is 3.67. The van der Waals surface area contributed by atoms with Gasteiger partial charge >= 0.3 is 15.6 Å². The molecule has 1 aromatic carbocycles. The van der Waals surface area contributed by atoms with Gasteiger partial charge in [-0.15, -0.1) is 0 Å². The number of aromatic nitrogens is 1. The molecule has 0 amide bonds. The average molecular weight is 303 g/mol. The van der Waals surface area contributed by atoms with Gasteiger partial charge in [-0.3, -0.25) is 4.98 Å². The van der Waals surface area contributed by atoms with Gasteiger partial charge in [0.15, 0.2) is 5.75 Å². The number of hydrogen-bond donors (Lipinski definition) is 0. The number of para-hydroxylation sites is 1. The highest BCUT2D eigenvalue weighted by Crippen LogP contribution is 2.33. The second-order valence-electron chi connectivity index (χ2n) is 3.72. The van der Waals surface area contributed by atoms with Crippen LogP contribution in [0.2, 0.25) is 0 Å². The summed E-state index contributed by atoms with van der Waals surface area (Å²) in [5.74, 6) is -0.405. The van der Waals surface area contributed by atoms with Crippen LogP contribution < -0.4 is 4.18 Å². The number of alkyl halides is 3. The van der Waals surface area contributed by atoms with Crippen molar-refractivity contribution < 1.29 is 25.8 Å². The van der Waals surface area contributed by atoms with Gasteiger partial charge in [-0.1, -0.05) is 24.3 Å². The molecule has 0 bridgehead atoms. The van der Waals surface area contributed by atoms with Crippen molar-refractivity contribution in [2.45, 2.75) is 5.51 Å². The lowest BCUT2D eigenvalue weighted by atomic mass is 10.1. The highest BCUT2D eigenvalue weighted by Gasteiger charge is 2.48. The number of nitrogens with zero attached hydrogens (tertiary/aromatic N) is 1. The lowest BCUT2D eigenvalue weighted by Gasteiger charge is -2.12. The second-order valence-corrected chi connectivity index (χ2v) is 5.26. The molecular weight excluding hydrogens is 295 g/mol. The molecule has 0 N–H and O–H groups in total. The first-order valence-electron chi connectivity index (χ1n) is 5.31. The first-order chi connectivity index (χ1) is 9.31. The standard InChI is InChI=1S/C12H8F3NO3S/c13-12(14,15)20(17,18)19-11-6-2-1-5-10(11)9-4-3-7-16-8-9/h1-8H. The van der Waals surface area contributed by atoms with Gasteiger partial charge in [0, 0.05) is 23.5 Å². The van der Waals surface area contributed by atoms with Crippen LogP contribution in [0, 0.1) is 0 Å². The monoisotopic (exact) mass is 303 g/mol.